The fourth-order valence-electron chi connectivity index (χ4n) is 3.81. The van der Waals surface area contributed by atoms with Gasteiger partial charge in [-0.05, 0) is 56.5 Å². The van der Waals surface area contributed by atoms with Gasteiger partial charge in [0.25, 0.3) is 0 Å². The van der Waals surface area contributed by atoms with Crippen molar-refractivity contribution in [2.24, 2.45) is 7.05 Å². The molecule has 0 aliphatic heterocycles. The van der Waals surface area contributed by atoms with Crippen LogP contribution in [0.3, 0.4) is 0 Å². The highest BCUT2D eigenvalue weighted by Gasteiger charge is 2.18. The smallest absolute Gasteiger partial charge is 0.242 e. The van der Waals surface area contributed by atoms with Gasteiger partial charge >= 0.3 is 0 Å². The monoisotopic (exact) mass is 445 g/mol. The molecule has 1 aromatic carbocycles. The third-order valence-electron chi connectivity index (χ3n) is 5.58. The number of methoxy groups -OCH3 is 1. The van der Waals surface area contributed by atoms with Crippen molar-refractivity contribution in [3.8, 4) is 17.5 Å². The lowest BCUT2D eigenvalue weighted by molar-refractivity contribution is -0.116. The summed E-state index contributed by atoms with van der Waals surface area (Å²) in [5.74, 6) is 1.63. The van der Waals surface area contributed by atoms with Crippen LogP contribution in [0.2, 0.25) is 0 Å². The van der Waals surface area contributed by atoms with Gasteiger partial charge < -0.3 is 14.8 Å². The first-order valence-electron chi connectivity index (χ1n) is 10.7. The number of carbonyl (C=O) groups excluding carboxylic acids is 1. The molecule has 8 heteroatoms. The van der Waals surface area contributed by atoms with Crippen molar-refractivity contribution in [2.75, 3.05) is 12.4 Å². The Morgan fingerprint density at radius 2 is 1.85 bits per heavy atom. The van der Waals surface area contributed by atoms with Gasteiger partial charge in [-0.1, -0.05) is 17.7 Å². The minimum Gasteiger partial charge on any atom is -0.479 e. The Morgan fingerprint density at radius 1 is 1.09 bits per heavy atom. The molecule has 33 heavy (non-hydrogen) atoms. The first-order valence-corrected chi connectivity index (χ1v) is 10.7. The topological polar surface area (TPSA) is 91.2 Å². The summed E-state index contributed by atoms with van der Waals surface area (Å²) in [6, 6.07) is 11.2. The van der Waals surface area contributed by atoms with E-state index in [0.717, 1.165) is 33.4 Å². The predicted octanol–water partition coefficient (Wildman–Crippen LogP) is 4.66. The lowest BCUT2D eigenvalue weighted by Gasteiger charge is -2.11. The first-order chi connectivity index (χ1) is 15.9. The number of amides is 1. The van der Waals surface area contributed by atoms with E-state index in [0.29, 0.717) is 36.0 Å². The normalized spacial score (nSPS) is 10.9. The maximum Gasteiger partial charge on any atom is 0.242 e. The summed E-state index contributed by atoms with van der Waals surface area (Å²) in [6.45, 7) is 5.99. The number of aromatic nitrogens is 4. The largest absolute Gasteiger partial charge is 0.479 e. The third kappa shape index (κ3) is 4.79. The number of aryl methyl sites for hydroxylation is 4. The molecule has 170 valence electrons. The molecule has 0 saturated heterocycles. The van der Waals surface area contributed by atoms with Gasteiger partial charge in [0.1, 0.15) is 5.75 Å². The number of pyridine rings is 2. The molecule has 1 amide bonds. The molecule has 0 unspecified atom stereocenters. The molecular formula is C25H27N5O3. The van der Waals surface area contributed by atoms with E-state index >= 15 is 0 Å². The van der Waals surface area contributed by atoms with E-state index in [9.17, 15) is 4.79 Å². The van der Waals surface area contributed by atoms with Crippen LogP contribution in [0.15, 0.2) is 42.6 Å². The van der Waals surface area contributed by atoms with Gasteiger partial charge in [-0.25, -0.2) is 14.6 Å². The van der Waals surface area contributed by atoms with Crippen molar-refractivity contribution in [1.29, 1.82) is 0 Å². The van der Waals surface area contributed by atoms with E-state index in [1.165, 1.54) is 0 Å². The highest BCUT2D eigenvalue weighted by atomic mass is 16.5. The number of fused-ring (bicyclic) bond motifs is 1. The SMILES string of the molecule is COc1nn(C)c2nc(C)c(CCC(=O)Nc3ccc(Oc4ccc(C)cc4)nc3)c(C)c12. The first kappa shape index (κ1) is 22.3. The van der Waals surface area contributed by atoms with Crippen molar-refractivity contribution >= 4 is 22.6 Å². The van der Waals surface area contributed by atoms with Gasteiger partial charge in [-0.2, -0.15) is 0 Å². The van der Waals surface area contributed by atoms with Crippen LogP contribution in [-0.2, 0) is 18.3 Å². The fraction of sp³-hybridized carbons (Fsp3) is 0.280. The molecule has 1 N–H and O–H groups in total. The van der Waals surface area contributed by atoms with Crippen LogP contribution >= 0.6 is 0 Å². The van der Waals surface area contributed by atoms with Crippen LogP contribution in [0.25, 0.3) is 11.0 Å². The van der Waals surface area contributed by atoms with Crippen molar-refractivity contribution in [2.45, 2.75) is 33.6 Å². The van der Waals surface area contributed by atoms with Gasteiger partial charge in [0.2, 0.25) is 17.7 Å². The summed E-state index contributed by atoms with van der Waals surface area (Å²) in [6.07, 6.45) is 2.47. The molecular weight excluding hydrogens is 418 g/mol. The van der Waals surface area contributed by atoms with E-state index in [4.69, 9.17) is 9.47 Å². The van der Waals surface area contributed by atoms with E-state index in [2.05, 4.69) is 20.4 Å². The maximum atomic E-state index is 12.6. The Bertz CT molecular complexity index is 1290. The number of carbonyl (C=O) groups is 1. The Kier molecular flexibility index (Phi) is 6.26. The number of anilines is 1. The molecule has 4 rings (SSSR count). The molecule has 3 heterocycles. The lowest BCUT2D eigenvalue weighted by atomic mass is 10.00. The van der Waals surface area contributed by atoms with Gasteiger partial charge in [-0.15, -0.1) is 5.10 Å². The number of benzene rings is 1. The number of hydrogen-bond donors (Lipinski definition) is 1. The van der Waals surface area contributed by atoms with E-state index in [-0.39, 0.29) is 5.91 Å². The minimum absolute atomic E-state index is 0.0962. The summed E-state index contributed by atoms with van der Waals surface area (Å²) >= 11 is 0. The zero-order chi connectivity index (χ0) is 23.5. The maximum absolute atomic E-state index is 12.6. The Balaban J connectivity index is 1.40. The summed E-state index contributed by atoms with van der Waals surface area (Å²) in [4.78, 5) is 21.5. The summed E-state index contributed by atoms with van der Waals surface area (Å²) in [7, 11) is 3.44. The second-order valence-electron chi connectivity index (χ2n) is 7.98. The highest BCUT2D eigenvalue weighted by Crippen LogP contribution is 2.30. The molecule has 3 aromatic heterocycles. The minimum atomic E-state index is -0.0962. The average molecular weight is 446 g/mol. The molecule has 8 nitrogen and oxygen atoms in total. The molecule has 0 saturated carbocycles. The van der Waals surface area contributed by atoms with Gasteiger partial charge in [0.15, 0.2) is 5.65 Å². The van der Waals surface area contributed by atoms with E-state index in [1.807, 2.05) is 52.1 Å². The Hall–Kier alpha value is -3.94. The third-order valence-corrected chi connectivity index (χ3v) is 5.58. The van der Waals surface area contributed by atoms with Gasteiger partial charge in [-0.3, -0.25) is 4.79 Å². The van der Waals surface area contributed by atoms with Crippen molar-refractivity contribution in [3.05, 3.63) is 65.0 Å². The molecule has 0 atom stereocenters. The quantitative estimate of drug-likeness (QED) is 0.445. The van der Waals surface area contributed by atoms with Crippen LogP contribution in [0.1, 0.15) is 28.8 Å². The molecule has 4 aromatic rings. The Morgan fingerprint density at radius 3 is 2.52 bits per heavy atom. The molecule has 0 fully saturated rings. The van der Waals surface area contributed by atoms with Gasteiger partial charge in [0.05, 0.1) is 24.4 Å². The zero-order valence-electron chi connectivity index (χ0n) is 19.5. The highest BCUT2D eigenvalue weighted by molar-refractivity contribution is 5.91. The van der Waals surface area contributed by atoms with Crippen LogP contribution in [0.4, 0.5) is 5.69 Å². The van der Waals surface area contributed by atoms with E-state index in [1.54, 1.807) is 30.1 Å². The summed E-state index contributed by atoms with van der Waals surface area (Å²) in [5.41, 5.74) is 5.51. The van der Waals surface area contributed by atoms with Crippen molar-refractivity contribution in [1.82, 2.24) is 19.7 Å². The number of rotatable bonds is 7. The molecule has 0 radical (unpaired) electrons. The van der Waals surface area contributed by atoms with Crippen molar-refractivity contribution in [3.63, 3.8) is 0 Å². The second kappa shape index (κ2) is 9.28. The lowest BCUT2D eigenvalue weighted by Crippen LogP contribution is -2.13. The average Bonchev–Trinajstić information content (AvgIpc) is 3.12. The molecule has 0 spiro atoms. The fourth-order valence-corrected chi connectivity index (χ4v) is 3.81. The predicted molar refractivity (Wildman–Crippen MR) is 127 cm³/mol. The van der Waals surface area contributed by atoms with Crippen LogP contribution in [-0.4, -0.2) is 32.8 Å². The zero-order valence-corrected chi connectivity index (χ0v) is 19.5. The Labute approximate surface area is 192 Å². The molecule has 0 aliphatic rings. The second-order valence-corrected chi connectivity index (χ2v) is 7.98. The standard InChI is InChI=1S/C25H27N5O3/c1-15-6-9-19(10-7-15)33-22-13-8-18(14-26-22)28-21(31)12-11-20-16(2)23-24(27-17(20)3)30(4)29-25(23)32-5/h6-10,13-14H,11-12H2,1-5H3,(H,28,31). The van der Waals surface area contributed by atoms with E-state index < -0.39 is 0 Å². The number of hydrogen-bond acceptors (Lipinski definition) is 6. The number of ether oxygens (including phenoxy) is 2. The van der Waals surface area contributed by atoms with Crippen LogP contribution < -0.4 is 14.8 Å². The number of nitrogens with zero attached hydrogens (tertiary/aromatic N) is 4. The molecule has 0 bridgehead atoms. The van der Waals surface area contributed by atoms with Crippen LogP contribution in [0, 0.1) is 20.8 Å². The molecule has 0 aliphatic carbocycles. The van der Waals surface area contributed by atoms with Gasteiger partial charge in [0, 0.05) is 25.2 Å². The van der Waals surface area contributed by atoms with Crippen molar-refractivity contribution < 1.29 is 14.3 Å². The number of nitrogens with one attached hydrogen (secondary N) is 1. The van der Waals surface area contributed by atoms with Crippen LogP contribution in [0.5, 0.6) is 17.5 Å². The summed E-state index contributed by atoms with van der Waals surface area (Å²) in [5, 5.41) is 8.15. The summed E-state index contributed by atoms with van der Waals surface area (Å²) < 4.78 is 12.9.